The van der Waals surface area contributed by atoms with Crippen molar-refractivity contribution >= 4 is 27.6 Å². The number of aliphatic imine (C=N–C) groups is 1. The quantitative estimate of drug-likeness (QED) is 0.928. The molecule has 0 saturated heterocycles. The second-order valence-corrected chi connectivity index (χ2v) is 7.93. The Balaban J connectivity index is 1.91. The molecule has 1 aromatic rings. The van der Waals surface area contributed by atoms with Gasteiger partial charge in [-0.25, -0.2) is 8.42 Å². The van der Waals surface area contributed by atoms with Crippen molar-refractivity contribution in [3.05, 3.63) is 29.8 Å². The molecule has 0 atom stereocenters. The maximum absolute atomic E-state index is 11.9. The van der Waals surface area contributed by atoms with Gasteiger partial charge in [0, 0.05) is 10.3 Å². The van der Waals surface area contributed by atoms with Crippen molar-refractivity contribution in [2.24, 2.45) is 4.99 Å². The van der Waals surface area contributed by atoms with E-state index in [0.717, 1.165) is 0 Å². The first-order chi connectivity index (χ1) is 9.06. The van der Waals surface area contributed by atoms with Crippen molar-refractivity contribution < 1.29 is 8.42 Å². The average Bonchev–Trinajstić information content (AvgIpc) is 2.61. The molecule has 0 radical (unpaired) electrons. The topological polar surface area (TPSA) is 58.5 Å². The molecule has 2 aliphatic rings. The number of rotatable bonds is 3. The third-order valence-corrected chi connectivity index (χ3v) is 6.69. The zero-order valence-electron chi connectivity index (χ0n) is 10.7. The molecule has 1 saturated carbocycles. The molecule has 1 N–H and O–H groups in total. The molecular weight excluding hydrogens is 280 g/mol. The third-order valence-electron chi connectivity index (χ3n) is 3.89. The van der Waals surface area contributed by atoms with Crippen molar-refractivity contribution in [1.82, 2.24) is 4.72 Å². The average molecular weight is 296 g/mol. The summed E-state index contributed by atoms with van der Waals surface area (Å²) in [6.45, 7) is 0.681. The van der Waals surface area contributed by atoms with E-state index < -0.39 is 10.0 Å². The zero-order chi connectivity index (χ0) is 13.5. The molecule has 0 spiro atoms. The number of nitrogens with one attached hydrogen (secondary N) is 1. The van der Waals surface area contributed by atoms with Gasteiger partial charge in [-0.2, -0.15) is 11.8 Å². The van der Waals surface area contributed by atoms with Crippen LogP contribution in [0.4, 0.5) is 0 Å². The lowest BCUT2D eigenvalue weighted by Gasteiger charge is -2.39. The van der Waals surface area contributed by atoms with E-state index in [-0.39, 0.29) is 4.75 Å². The number of benzene rings is 1. The van der Waals surface area contributed by atoms with E-state index in [0.29, 0.717) is 22.8 Å². The van der Waals surface area contributed by atoms with Gasteiger partial charge < -0.3 is 0 Å². The molecule has 0 amide bonds. The van der Waals surface area contributed by atoms with Crippen LogP contribution in [0, 0.1) is 0 Å². The van der Waals surface area contributed by atoms with Crippen molar-refractivity contribution in [2.75, 3.05) is 12.8 Å². The standard InChI is InChI=1S/C13H16N2O2S2/c1-18-13(7-4-8-13)9-14-12-10-5-2-3-6-11(10)19(16,17)15-12/h2-3,5-6H,4,7-9H2,1H3,(H,14,15). The highest BCUT2D eigenvalue weighted by Crippen LogP contribution is 2.43. The fraction of sp³-hybridized carbons (Fsp3) is 0.462. The Hall–Kier alpha value is -1.01. The monoisotopic (exact) mass is 296 g/mol. The predicted molar refractivity (Wildman–Crippen MR) is 78.3 cm³/mol. The molecule has 4 nitrogen and oxygen atoms in total. The van der Waals surface area contributed by atoms with Crippen molar-refractivity contribution in [1.29, 1.82) is 0 Å². The summed E-state index contributed by atoms with van der Waals surface area (Å²) < 4.78 is 26.7. The maximum Gasteiger partial charge on any atom is 0.263 e. The largest absolute Gasteiger partial charge is 0.266 e. The molecule has 0 unspecified atom stereocenters. The molecule has 1 aliphatic heterocycles. The van der Waals surface area contributed by atoms with Gasteiger partial charge in [-0.05, 0) is 31.2 Å². The number of sulfonamides is 1. The van der Waals surface area contributed by atoms with Gasteiger partial charge in [-0.3, -0.25) is 9.71 Å². The molecule has 1 aromatic carbocycles. The summed E-state index contributed by atoms with van der Waals surface area (Å²) >= 11 is 1.84. The van der Waals surface area contributed by atoms with Crippen LogP contribution in [-0.4, -0.2) is 31.8 Å². The highest BCUT2D eigenvalue weighted by molar-refractivity contribution is 8.00. The summed E-state index contributed by atoms with van der Waals surface area (Å²) in [4.78, 5) is 4.86. The molecule has 0 bridgehead atoms. The molecule has 102 valence electrons. The summed E-state index contributed by atoms with van der Waals surface area (Å²) in [6, 6.07) is 6.99. The lowest BCUT2D eigenvalue weighted by molar-refractivity contribution is 0.372. The Morgan fingerprint density at radius 1 is 1.37 bits per heavy atom. The fourth-order valence-corrected chi connectivity index (χ4v) is 4.61. The molecular formula is C13H16N2O2S2. The van der Waals surface area contributed by atoms with E-state index in [1.54, 1.807) is 18.2 Å². The summed E-state index contributed by atoms with van der Waals surface area (Å²) in [5, 5.41) is 0. The van der Waals surface area contributed by atoms with Gasteiger partial charge >= 0.3 is 0 Å². The minimum atomic E-state index is -3.41. The van der Waals surface area contributed by atoms with E-state index in [2.05, 4.69) is 16.0 Å². The summed E-state index contributed by atoms with van der Waals surface area (Å²) in [5.74, 6) is 0.496. The summed E-state index contributed by atoms with van der Waals surface area (Å²) in [6.07, 6.45) is 5.68. The number of hydrogen-bond donors (Lipinski definition) is 1. The Labute approximate surface area is 117 Å². The number of thioether (sulfide) groups is 1. The van der Waals surface area contributed by atoms with Crippen LogP contribution in [0.2, 0.25) is 0 Å². The predicted octanol–water partition coefficient (Wildman–Crippen LogP) is 2.01. The second-order valence-electron chi connectivity index (χ2n) is 5.01. The highest BCUT2D eigenvalue weighted by Gasteiger charge is 2.37. The number of hydrogen-bond acceptors (Lipinski definition) is 4. The number of fused-ring (bicyclic) bond motifs is 1. The SMILES string of the molecule is CSC1(CN=C2NS(=O)(=O)c3ccccc32)CCC1. The lowest BCUT2D eigenvalue weighted by Crippen LogP contribution is -2.37. The third kappa shape index (κ3) is 2.17. The Morgan fingerprint density at radius 3 is 2.74 bits per heavy atom. The van der Waals surface area contributed by atoms with Crippen molar-refractivity contribution in [3.63, 3.8) is 0 Å². The van der Waals surface area contributed by atoms with Crippen LogP contribution in [-0.2, 0) is 10.0 Å². The van der Waals surface area contributed by atoms with Gasteiger partial charge in [0.1, 0.15) is 5.84 Å². The van der Waals surface area contributed by atoms with Crippen molar-refractivity contribution in [2.45, 2.75) is 28.9 Å². The lowest BCUT2D eigenvalue weighted by atomic mass is 9.84. The van der Waals surface area contributed by atoms with Gasteiger partial charge in [0.15, 0.2) is 0 Å². The van der Waals surface area contributed by atoms with Gasteiger partial charge in [-0.15, -0.1) is 0 Å². The minimum absolute atomic E-state index is 0.218. The first kappa shape index (κ1) is 13.0. The molecule has 1 heterocycles. The van der Waals surface area contributed by atoms with Crippen LogP contribution in [0.5, 0.6) is 0 Å². The molecule has 19 heavy (non-hydrogen) atoms. The Kier molecular flexibility index (Phi) is 3.09. The van der Waals surface area contributed by atoms with Crippen LogP contribution in [0.1, 0.15) is 24.8 Å². The summed E-state index contributed by atoms with van der Waals surface area (Å²) in [5.41, 5.74) is 0.693. The van der Waals surface area contributed by atoms with E-state index in [4.69, 9.17) is 0 Å². The normalized spacial score (nSPS) is 24.6. The second kappa shape index (κ2) is 4.52. The molecule has 6 heteroatoms. The first-order valence-electron chi connectivity index (χ1n) is 6.28. The van der Waals surface area contributed by atoms with E-state index in [1.807, 2.05) is 17.8 Å². The maximum atomic E-state index is 11.9. The van der Waals surface area contributed by atoms with Crippen LogP contribution < -0.4 is 4.72 Å². The van der Waals surface area contributed by atoms with Crippen LogP contribution in [0.3, 0.4) is 0 Å². The highest BCUT2D eigenvalue weighted by atomic mass is 32.2. The van der Waals surface area contributed by atoms with Crippen molar-refractivity contribution in [3.8, 4) is 0 Å². The smallest absolute Gasteiger partial charge is 0.263 e. The van der Waals surface area contributed by atoms with Gasteiger partial charge in [0.25, 0.3) is 10.0 Å². The Bertz CT molecular complexity index is 628. The number of nitrogens with zero attached hydrogens (tertiary/aromatic N) is 1. The van der Waals surface area contributed by atoms with E-state index in [9.17, 15) is 8.42 Å². The van der Waals surface area contributed by atoms with E-state index >= 15 is 0 Å². The Morgan fingerprint density at radius 2 is 2.11 bits per heavy atom. The minimum Gasteiger partial charge on any atom is -0.266 e. The zero-order valence-corrected chi connectivity index (χ0v) is 12.4. The van der Waals surface area contributed by atoms with Gasteiger partial charge in [-0.1, -0.05) is 18.6 Å². The molecule has 1 aliphatic carbocycles. The molecule has 3 rings (SSSR count). The molecule has 1 fully saturated rings. The van der Waals surface area contributed by atoms with Crippen LogP contribution in [0.25, 0.3) is 0 Å². The fourth-order valence-electron chi connectivity index (χ4n) is 2.47. The van der Waals surface area contributed by atoms with Crippen LogP contribution >= 0.6 is 11.8 Å². The van der Waals surface area contributed by atoms with E-state index in [1.165, 1.54) is 19.3 Å². The molecule has 0 aromatic heterocycles. The van der Waals surface area contributed by atoms with Gasteiger partial charge in [0.2, 0.25) is 0 Å². The summed E-state index contributed by atoms with van der Waals surface area (Å²) in [7, 11) is -3.41. The number of amidine groups is 1. The first-order valence-corrected chi connectivity index (χ1v) is 8.99. The van der Waals surface area contributed by atoms with Gasteiger partial charge in [0.05, 0.1) is 11.4 Å². The van der Waals surface area contributed by atoms with Crippen LogP contribution in [0.15, 0.2) is 34.2 Å².